The van der Waals surface area contributed by atoms with Gasteiger partial charge in [-0.1, -0.05) is 29.3 Å². The number of benzene rings is 2. The third-order valence-electron chi connectivity index (χ3n) is 4.45. The van der Waals surface area contributed by atoms with Gasteiger partial charge in [0.2, 0.25) is 0 Å². The average Bonchev–Trinajstić information content (AvgIpc) is 3.10. The molecule has 0 saturated carbocycles. The lowest BCUT2D eigenvalue weighted by atomic mass is 10.1. The van der Waals surface area contributed by atoms with Crippen molar-refractivity contribution in [3.8, 4) is 0 Å². The Morgan fingerprint density at radius 2 is 1.93 bits per heavy atom. The van der Waals surface area contributed by atoms with Crippen molar-refractivity contribution >= 4 is 62.9 Å². The number of hydrogen-bond acceptors (Lipinski definition) is 4. The van der Waals surface area contributed by atoms with Crippen molar-refractivity contribution in [1.82, 2.24) is 9.78 Å². The third-order valence-corrected chi connectivity index (χ3v) is 5.24. The van der Waals surface area contributed by atoms with Crippen LogP contribution in [0.3, 0.4) is 0 Å². The average molecular weight is 459 g/mol. The van der Waals surface area contributed by atoms with Crippen molar-refractivity contribution in [2.45, 2.75) is 13.5 Å². The van der Waals surface area contributed by atoms with Crippen molar-refractivity contribution in [3.05, 3.63) is 86.5 Å². The summed E-state index contributed by atoms with van der Waals surface area (Å²) in [5.41, 5.74) is 3.31. The first-order valence-corrected chi connectivity index (χ1v) is 10.1. The molecule has 0 radical (unpaired) electrons. The minimum absolute atomic E-state index is 0.383. The van der Waals surface area contributed by atoms with E-state index in [1.807, 2.05) is 31.3 Å². The molecule has 0 atom stereocenters. The second kappa shape index (κ2) is 8.47. The number of halogens is 2. The fourth-order valence-electron chi connectivity index (χ4n) is 3.04. The lowest BCUT2D eigenvalue weighted by Crippen LogP contribution is -2.18. The Labute approximate surface area is 187 Å². The SMILES string of the molecule is Cc1cc(=O)oc2cc(NC(=S)Nc3cnn(Cc4ccc(Cl)cc4Cl)c3)ccc12. The molecule has 2 aromatic carbocycles. The largest absolute Gasteiger partial charge is 0.423 e. The Kier molecular flexibility index (Phi) is 5.76. The maximum Gasteiger partial charge on any atom is 0.336 e. The van der Waals surface area contributed by atoms with Gasteiger partial charge in [-0.3, -0.25) is 4.68 Å². The van der Waals surface area contributed by atoms with Crippen LogP contribution in [0, 0.1) is 6.92 Å². The zero-order valence-corrected chi connectivity index (χ0v) is 18.1. The highest BCUT2D eigenvalue weighted by molar-refractivity contribution is 7.80. The van der Waals surface area contributed by atoms with Crippen LogP contribution in [0.4, 0.5) is 11.4 Å². The van der Waals surface area contributed by atoms with Gasteiger partial charge in [0.1, 0.15) is 5.58 Å². The molecule has 6 nitrogen and oxygen atoms in total. The third kappa shape index (κ3) is 4.64. The molecule has 2 aromatic heterocycles. The summed E-state index contributed by atoms with van der Waals surface area (Å²) in [7, 11) is 0. The van der Waals surface area contributed by atoms with Gasteiger partial charge in [0, 0.05) is 39.4 Å². The second-order valence-corrected chi connectivity index (χ2v) is 7.95. The van der Waals surface area contributed by atoms with E-state index in [-0.39, 0.29) is 5.63 Å². The van der Waals surface area contributed by atoms with Gasteiger partial charge in [-0.25, -0.2) is 4.79 Å². The van der Waals surface area contributed by atoms with Crippen molar-refractivity contribution in [1.29, 1.82) is 0 Å². The molecule has 0 spiro atoms. The van der Waals surface area contributed by atoms with Crippen molar-refractivity contribution in [2.24, 2.45) is 0 Å². The second-order valence-electron chi connectivity index (χ2n) is 6.70. The summed E-state index contributed by atoms with van der Waals surface area (Å²) in [6.45, 7) is 2.37. The van der Waals surface area contributed by atoms with Crippen LogP contribution in [0.2, 0.25) is 10.0 Å². The zero-order chi connectivity index (χ0) is 21.3. The van der Waals surface area contributed by atoms with Crippen LogP contribution < -0.4 is 16.3 Å². The number of hydrogen-bond donors (Lipinski definition) is 2. The van der Waals surface area contributed by atoms with E-state index in [4.69, 9.17) is 39.8 Å². The van der Waals surface area contributed by atoms with E-state index in [0.717, 1.165) is 22.2 Å². The molecule has 30 heavy (non-hydrogen) atoms. The highest BCUT2D eigenvalue weighted by Gasteiger charge is 2.07. The van der Waals surface area contributed by atoms with E-state index in [2.05, 4.69) is 15.7 Å². The maximum absolute atomic E-state index is 11.6. The molecule has 2 N–H and O–H groups in total. The van der Waals surface area contributed by atoms with Crippen LogP contribution in [-0.2, 0) is 6.54 Å². The smallest absolute Gasteiger partial charge is 0.336 e. The van der Waals surface area contributed by atoms with Crippen LogP contribution in [-0.4, -0.2) is 14.9 Å². The van der Waals surface area contributed by atoms with E-state index in [0.29, 0.717) is 33.0 Å². The molecule has 0 amide bonds. The molecule has 152 valence electrons. The monoisotopic (exact) mass is 458 g/mol. The lowest BCUT2D eigenvalue weighted by Gasteiger charge is -2.10. The first-order chi connectivity index (χ1) is 14.4. The summed E-state index contributed by atoms with van der Waals surface area (Å²) in [4.78, 5) is 11.6. The van der Waals surface area contributed by atoms with Crippen LogP contribution in [0.25, 0.3) is 11.0 Å². The van der Waals surface area contributed by atoms with Crippen LogP contribution in [0.15, 0.2) is 64.1 Å². The summed E-state index contributed by atoms with van der Waals surface area (Å²) < 4.78 is 7.01. The molecule has 4 aromatic rings. The van der Waals surface area contributed by atoms with Gasteiger partial charge < -0.3 is 15.1 Å². The molecule has 9 heteroatoms. The Bertz CT molecular complexity index is 1320. The van der Waals surface area contributed by atoms with E-state index < -0.39 is 0 Å². The van der Waals surface area contributed by atoms with Crippen LogP contribution in [0.5, 0.6) is 0 Å². The highest BCUT2D eigenvalue weighted by Crippen LogP contribution is 2.23. The highest BCUT2D eigenvalue weighted by atomic mass is 35.5. The number of rotatable bonds is 4. The quantitative estimate of drug-likeness (QED) is 0.312. The molecule has 0 aliphatic rings. The molecular weight excluding hydrogens is 443 g/mol. The summed E-state index contributed by atoms with van der Waals surface area (Å²) in [6.07, 6.45) is 3.49. The Morgan fingerprint density at radius 1 is 1.13 bits per heavy atom. The molecule has 0 saturated heterocycles. The molecule has 0 aliphatic heterocycles. The molecule has 4 rings (SSSR count). The molecular formula is C21H16Cl2N4O2S. The van der Waals surface area contributed by atoms with Gasteiger partial charge in [-0.2, -0.15) is 5.10 Å². The normalized spacial score (nSPS) is 10.9. The Morgan fingerprint density at radius 3 is 2.73 bits per heavy atom. The van der Waals surface area contributed by atoms with E-state index >= 15 is 0 Å². The maximum atomic E-state index is 11.6. The standard InChI is InChI=1S/C21H16Cl2N4O2S/c1-12-6-20(28)29-19-8-15(4-5-17(12)19)25-21(30)26-16-9-24-27(11-16)10-13-2-3-14(22)7-18(13)23/h2-9,11H,10H2,1H3,(H2,25,26,30). The number of nitrogens with one attached hydrogen (secondary N) is 2. The van der Waals surface area contributed by atoms with Crippen LogP contribution in [0.1, 0.15) is 11.1 Å². The van der Waals surface area contributed by atoms with Gasteiger partial charge in [-0.05, 0) is 54.5 Å². The van der Waals surface area contributed by atoms with E-state index in [9.17, 15) is 4.79 Å². The van der Waals surface area contributed by atoms with Gasteiger partial charge in [0.25, 0.3) is 0 Å². The predicted octanol–water partition coefficient (Wildman–Crippen LogP) is 5.46. The molecule has 0 aliphatic carbocycles. The summed E-state index contributed by atoms with van der Waals surface area (Å²) >= 11 is 17.5. The number of aromatic nitrogens is 2. The van der Waals surface area contributed by atoms with Crippen LogP contribution >= 0.6 is 35.4 Å². The number of aryl methyl sites for hydroxylation is 1. The van der Waals surface area contributed by atoms with Crippen molar-refractivity contribution in [3.63, 3.8) is 0 Å². The fourth-order valence-corrected chi connectivity index (χ4v) is 3.74. The molecule has 0 bridgehead atoms. The van der Waals surface area contributed by atoms with Gasteiger partial charge >= 0.3 is 5.63 Å². The topological polar surface area (TPSA) is 72.1 Å². The van der Waals surface area contributed by atoms with Crippen molar-refractivity contribution in [2.75, 3.05) is 10.6 Å². The number of thiocarbonyl (C=S) groups is 1. The Hall–Kier alpha value is -2.87. The van der Waals surface area contributed by atoms with Gasteiger partial charge in [0.05, 0.1) is 18.4 Å². The number of anilines is 2. The first kappa shape index (κ1) is 20.4. The number of fused-ring (bicyclic) bond motifs is 1. The molecule has 2 heterocycles. The first-order valence-electron chi connectivity index (χ1n) is 8.96. The van der Waals surface area contributed by atoms with Gasteiger partial charge in [-0.15, -0.1) is 0 Å². The van der Waals surface area contributed by atoms with Crippen molar-refractivity contribution < 1.29 is 4.42 Å². The predicted molar refractivity (Wildman–Crippen MR) is 125 cm³/mol. The van der Waals surface area contributed by atoms with Gasteiger partial charge in [0.15, 0.2) is 5.11 Å². The minimum atomic E-state index is -0.383. The zero-order valence-electron chi connectivity index (χ0n) is 15.8. The number of nitrogens with zero attached hydrogens (tertiary/aromatic N) is 2. The Balaban J connectivity index is 1.43. The summed E-state index contributed by atoms with van der Waals surface area (Å²) in [6, 6.07) is 12.3. The summed E-state index contributed by atoms with van der Waals surface area (Å²) in [5, 5.41) is 12.9. The summed E-state index contributed by atoms with van der Waals surface area (Å²) in [5.74, 6) is 0. The van der Waals surface area contributed by atoms with E-state index in [1.165, 1.54) is 6.07 Å². The molecule has 0 fully saturated rings. The molecule has 0 unspecified atom stereocenters. The lowest BCUT2D eigenvalue weighted by molar-refractivity contribution is 0.560. The minimum Gasteiger partial charge on any atom is -0.423 e. The fraction of sp³-hybridized carbons (Fsp3) is 0.0952. The van der Waals surface area contributed by atoms with E-state index in [1.54, 1.807) is 29.1 Å².